The van der Waals surface area contributed by atoms with Crippen LogP contribution in [0.5, 0.6) is 0 Å². The van der Waals surface area contributed by atoms with Crippen molar-refractivity contribution in [2.75, 3.05) is 39.4 Å². The molecular weight excluding hydrogens is 630 g/mol. The summed E-state index contributed by atoms with van der Waals surface area (Å²) in [4.78, 5) is 75.5. The number of hydrogen-bond donors (Lipinski definition) is 0. The average molecular weight is 666 g/mol. The first-order chi connectivity index (χ1) is 23.4. The molecule has 0 bridgehead atoms. The molecule has 1 spiro atoms. The van der Waals surface area contributed by atoms with Gasteiger partial charge < -0.3 is 28.8 Å². The Morgan fingerprint density at radius 3 is 1.90 bits per heavy atom. The molecule has 0 N–H and O–H groups in total. The van der Waals surface area contributed by atoms with E-state index in [1.54, 1.807) is 32.9 Å². The van der Waals surface area contributed by atoms with Gasteiger partial charge in [-0.2, -0.15) is 0 Å². The Morgan fingerprint density at radius 1 is 0.776 bits per heavy atom. The topological polar surface area (TPSA) is 132 Å². The monoisotopic (exact) mass is 665 g/mol. The largest absolute Gasteiger partial charge is 0.448 e. The summed E-state index contributed by atoms with van der Waals surface area (Å²) in [5, 5.41) is 0.480. The van der Waals surface area contributed by atoms with E-state index in [1.807, 2.05) is 36.4 Å². The van der Waals surface area contributed by atoms with Crippen LogP contribution in [-0.2, 0) is 23.8 Å². The number of ether oxygens (including phenoxy) is 3. The molecule has 0 aromatic heterocycles. The molecule has 2 atom stereocenters. The highest BCUT2D eigenvalue weighted by Gasteiger charge is 2.72. The summed E-state index contributed by atoms with van der Waals surface area (Å²) in [5.74, 6) is -3.14. The fraction of sp³-hybridized carbons (Fsp3) is 0.378. The molecule has 12 heteroatoms. The molecule has 3 aromatic carbocycles. The number of benzene rings is 3. The minimum Gasteiger partial charge on any atom is -0.448 e. The van der Waals surface area contributed by atoms with Crippen molar-refractivity contribution in [1.29, 1.82) is 0 Å². The van der Waals surface area contributed by atoms with Gasteiger partial charge in [-0.25, -0.2) is 14.4 Å². The van der Waals surface area contributed by atoms with Crippen LogP contribution in [0.4, 0.5) is 9.59 Å². The number of hydrogen-bond acceptors (Lipinski definition) is 9. The predicted octanol–water partition coefficient (Wildman–Crippen LogP) is 4.63. The number of amides is 4. The summed E-state index contributed by atoms with van der Waals surface area (Å²) >= 11 is 0. The van der Waals surface area contributed by atoms with Crippen LogP contribution in [0.3, 0.4) is 0 Å². The molecule has 3 fully saturated rings. The first kappa shape index (κ1) is 31.1. The highest BCUT2D eigenvalue weighted by Crippen LogP contribution is 2.55. The van der Waals surface area contributed by atoms with Gasteiger partial charge in [0, 0.05) is 24.9 Å². The van der Waals surface area contributed by atoms with Crippen molar-refractivity contribution in [3.63, 3.8) is 0 Å². The van der Waals surface area contributed by atoms with Gasteiger partial charge >= 0.3 is 18.2 Å². The van der Waals surface area contributed by atoms with Crippen LogP contribution < -0.4 is 0 Å². The number of carbonyl (C=O) groups is 5. The number of imide groups is 1. The van der Waals surface area contributed by atoms with E-state index in [0.29, 0.717) is 5.06 Å². The predicted molar refractivity (Wildman–Crippen MR) is 172 cm³/mol. The maximum atomic E-state index is 14.2. The van der Waals surface area contributed by atoms with Gasteiger partial charge in [0.1, 0.15) is 23.2 Å². The summed E-state index contributed by atoms with van der Waals surface area (Å²) in [7, 11) is 0. The normalized spacial score (nSPS) is 23.2. The lowest BCUT2D eigenvalue weighted by atomic mass is 9.69. The third-order valence-electron chi connectivity index (χ3n) is 10.3. The molecule has 12 nitrogen and oxygen atoms in total. The number of hydroxylamine groups is 2. The lowest BCUT2D eigenvalue weighted by Crippen LogP contribution is -2.68. The second kappa shape index (κ2) is 10.9. The van der Waals surface area contributed by atoms with Crippen LogP contribution in [0, 0.1) is 11.3 Å². The highest BCUT2D eigenvalue weighted by molar-refractivity contribution is 6.21. The first-order valence-corrected chi connectivity index (χ1v) is 16.3. The van der Waals surface area contributed by atoms with E-state index >= 15 is 0 Å². The molecule has 4 heterocycles. The fourth-order valence-electron chi connectivity index (χ4n) is 7.98. The third kappa shape index (κ3) is 4.79. The Kier molecular flexibility index (Phi) is 6.91. The molecule has 3 saturated heterocycles. The average Bonchev–Trinajstić information content (AvgIpc) is 3.77. The minimum atomic E-state index is -1.43. The summed E-state index contributed by atoms with van der Waals surface area (Å²) in [6.45, 7) is 5.49. The second-order valence-corrected chi connectivity index (χ2v) is 14.4. The highest BCUT2D eigenvalue weighted by atomic mass is 16.7. The summed E-state index contributed by atoms with van der Waals surface area (Å²) in [5.41, 5.74) is 1.49. The molecule has 1 aliphatic carbocycles. The van der Waals surface area contributed by atoms with Gasteiger partial charge in [-0.3, -0.25) is 9.59 Å². The Bertz CT molecular complexity index is 1850. The zero-order chi connectivity index (χ0) is 34.3. The van der Waals surface area contributed by atoms with E-state index in [4.69, 9.17) is 19.0 Å². The SMILES string of the molecule is CC(C)(C)OC(=O)N1CC2(C1)OCC1(C(=O)ON3C(=O)c4ccccc4C3=O)CN(C(=O)OCC3c4ccccc4-c4ccccc43)CC21. The Morgan fingerprint density at radius 2 is 1.33 bits per heavy atom. The van der Waals surface area contributed by atoms with Gasteiger partial charge in [0.15, 0.2) is 0 Å². The molecule has 3 aromatic rings. The van der Waals surface area contributed by atoms with Gasteiger partial charge in [0.05, 0.1) is 30.8 Å². The van der Waals surface area contributed by atoms with Crippen molar-refractivity contribution in [1.82, 2.24) is 14.9 Å². The van der Waals surface area contributed by atoms with Crippen LogP contribution >= 0.6 is 0 Å². The molecule has 49 heavy (non-hydrogen) atoms. The molecule has 4 amide bonds. The minimum absolute atomic E-state index is 0.0794. The van der Waals surface area contributed by atoms with E-state index < -0.39 is 52.5 Å². The van der Waals surface area contributed by atoms with Gasteiger partial charge in [0.25, 0.3) is 11.8 Å². The van der Waals surface area contributed by atoms with E-state index in [0.717, 1.165) is 22.3 Å². The van der Waals surface area contributed by atoms with Crippen molar-refractivity contribution in [2.45, 2.75) is 37.9 Å². The summed E-state index contributed by atoms with van der Waals surface area (Å²) in [6, 6.07) is 22.3. The van der Waals surface area contributed by atoms with Crippen molar-refractivity contribution in [2.24, 2.45) is 11.3 Å². The van der Waals surface area contributed by atoms with Gasteiger partial charge in [-0.1, -0.05) is 65.7 Å². The molecule has 2 unspecified atom stereocenters. The third-order valence-corrected chi connectivity index (χ3v) is 10.3. The molecule has 0 radical (unpaired) electrons. The van der Waals surface area contributed by atoms with Gasteiger partial charge in [0.2, 0.25) is 0 Å². The lowest BCUT2D eigenvalue weighted by Gasteiger charge is -2.50. The number of fused-ring (bicyclic) bond motifs is 6. The Labute approximate surface area is 282 Å². The zero-order valence-corrected chi connectivity index (χ0v) is 27.3. The Balaban J connectivity index is 1.03. The zero-order valence-electron chi connectivity index (χ0n) is 27.3. The number of rotatable bonds is 4. The van der Waals surface area contributed by atoms with Crippen molar-refractivity contribution < 1.29 is 43.0 Å². The standard InChI is InChI=1S/C37H35N3O9/c1-35(2,3)48-34(45)39-19-37(20-39)29-16-38(33(44)46-17-28-24-12-6-4-10-22(24)23-11-5-7-13-25(23)28)18-36(29,21-47-37)32(43)49-40-30(41)26-14-8-9-15-27(26)31(40)42/h4-15,28-29H,16-21H2,1-3H3. The molecule has 4 aliphatic heterocycles. The maximum absolute atomic E-state index is 14.2. The summed E-state index contributed by atoms with van der Waals surface area (Å²) in [6.07, 6.45) is -1.12. The van der Waals surface area contributed by atoms with Crippen LogP contribution in [0.2, 0.25) is 0 Å². The van der Waals surface area contributed by atoms with Crippen molar-refractivity contribution in [3.05, 3.63) is 95.1 Å². The quantitative estimate of drug-likeness (QED) is 0.366. The van der Waals surface area contributed by atoms with E-state index in [2.05, 4.69) is 12.1 Å². The van der Waals surface area contributed by atoms with Crippen LogP contribution in [-0.4, -0.2) is 95.4 Å². The van der Waals surface area contributed by atoms with Crippen molar-refractivity contribution in [3.8, 4) is 11.1 Å². The van der Waals surface area contributed by atoms with Gasteiger partial charge in [-0.05, 0) is 55.2 Å². The summed E-state index contributed by atoms with van der Waals surface area (Å²) < 4.78 is 17.8. The maximum Gasteiger partial charge on any atom is 0.410 e. The van der Waals surface area contributed by atoms with Gasteiger partial charge in [-0.15, -0.1) is 0 Å². The number of nitrogens with zero attached hydrogens (tertiary/aromatic N) is 3. The molecule has 252 valence electrons. The van der Waals surface area contributed by atoms with Crippen molar-refractivity contribution >= 4 is 30.0 Å². The lowest BCUT2D eigenvalue weighted by molar-refractivity contribution is -0.182. The first-order valence-electron chi connectivity index (χ1n) is 16.3. The van der Waals surface area contributed by atoms with E-state index in [-0.39, 0.29) is 56.4 Å². The van der Waals surface area contributed by atoms with E-state index in [1.165, 1.54) is 21.9 Å². The second-order valence-electron chi connectivity index (χ2n) is 14.4. The molecule has 5 aliphatic rings. The fourth-order valence-corrected chi connectivity index (χ4v) is 7.98. The van der Waals surface area contributed by atoms with E-state index in [9.17, 15) is 24.0 Å². The smallest absolute Gasteiger partial charge is 0.410 e. The van der Waals surface area contributed by atoms with Crippen LogP contribution in [0.1, 0.15) is 58.5 Å². The number of likely N-dealkylation sites (tertiary alicyclic amines) is 2. The van der Waals surface area contributed by atoms with Crippen LogP contribution in [0.15, 0.2) is 72.8 Å². The van der Waals surface area contributed by atoms with Crippen LogP contribution in [0.25, 0.3) is 11.1 Å². The molecule has 8 rings (SSSR count). The molecule has 0 saturated carbocycles. The molecular formula is C37H35N3O9. The number of carbonyl (C=O) groups excluding carboxylic acids is 5. The Hall–Kier alpha value is -5.23.